The number of amides is 1. The minimum absolute atomic E-state index is 0.0164. The summed E-state index contributed by atoms with van der Waals surface area (Å²) in [5.41, 5.74) is 0.0906. The van der Waals surface area contributed by atoms with E-state index in [2.05, 4.69) is 19.2 Å². The maximum absolute atomic E-state index is 13.1. The van der Waals surface area contributed by atoms with Crippen molar-refractivity contribution in [3.63, 3.8) is 0 Å². The van der Waals surface area contributed by atoms with Gasteiger partial charge < -0.3 is 14.8 Å². The van der Waals surface area contributed by atoms with Crippen LogP contribution in [-0.2, 0) is 24.3 Å². The minimum Gasteiger partial charge on any atom is -0.452 e. The van der Waals surface area contributed by atoms with Crippen molar-refractivity contribution in [1.29, 1.82) is 0 Å². The lowest BCUT2D eigenvalue weighted by Gasteiger charge is -2.34. The van der Waals surface area contributed by atoms with Gasteiger partial charge in [0.25, 0.3) is 5.91 Å². The summed E-state index contributed by atoms with van der Waals surface area (Å²) < 4.78 is 38.2. The third-order valence-corrected chi connectivity index (χ3v) is 8.31. The van der Waals surface area contributed by atoms with Gasteiger partial charge in [-0.2, -0.15) is 4.31 Å². The van der Waals surface area contributed by atoms with Crippen molar-refractivity contribution in [1.82, 2.24) is 9.62 Å². The molecular weight excluding hydrogens is 432 g/mol. The Morgan fingerprint density at radius 1 is 1.12 bits per heavy atom. The van der Waals surface area contributed by atoms with E-state index >= 15 is 0 Å². The Morgan fingerprint density at radius 3 is 2.50 bits per heavy atom. The van der Waals surface area contributed by atoms with E-state index in [0.717, 1.165) is 19.3 Å². The number of hydrogen-bond acceptors (Lipinski definition) is 6. The van der Waals surface area contributed by atoms with Crippen molar-refractivity contribution in [3.05, 3.63) is 29.8 Å². The molecule has 1 amide bonds. The van der Waals surface area contributed by atoms with Gasteiger partial charge in [-0.25, -0.2) is 13.2 Å². The Morgan fingerprint density at radius 2 is 1.81 bits per heavy atom. The molecule has 0 unspecified atom stereocenters. The van der Waals surface area contributed by atoms with Crippen LogP contribution in [0.5, 0.6) is 0 Å². The first-order valence-electron chi connectivity index (χ1n) is 11.3. The maximum Gasteiger partial charge on any atom is 0.338 e. The monoisotopic (exact) mass is 466 g/mol. The summed E-state index contributed by atoms with van der Waals surface area (Å²) in [6.45, 7) is 8.06. The zero-order valence-corrected chi connectivity index (χ0v) is 20.1. The normalized spacial score (nSPS) is 29.3. The lowest BCUT2D eigenvalue weighted by Crippen LogP contribution is -2.48. The Hall–Kier alpha value is -1.97. The highest BCUT2D eigenvalue weighted by Crippen LogP contribution is 2.29. The van der Waals surface area contributed by atoms with Gasteiger partial charge in [0.15, 0.2) is 6.61 Å². The van der Waals surface area contributed by atoms with Gasteiger partial charge in [0.2, 0.25) is 10.0 Å². The zero-order chi connectivity index (χ0) is 23.5. The summed E-state index contributed by atoms with van der Waals surface area (Å²) in [7, 11) is -3.78. The summed E-state index contributed by atoms with van der Waals surface area (Å²) in [6, 6.07) is 5.81. The highest BCUT2D eigenvalue weighted by Gasteiger charge is 2.33. The van der Waals surface area contributed by atoms with E-state index in [1.54, 1.807) is 0 Å². The fourth-order valence-electron chi connectivity index (χ4n) is 4.51. The third kappa shape index (κ3) is 5.88. The van der Waals surface area contributed by atoms with Gasteiger partial charge in [0.05, 0.1) is 22.7 Å². The number of rotatable bonds is 6. The predicted molar refractivity (Wildman–Crippen MR) is 120 cm³/mol. The lowest BCUT2D eigenvalue weighted by molar-refractivity contribution is -0.125. The number of esters is 1. The predicted octanol–water partition coefficient (Wildman–Crippen LogP) is 2.58. The number of hydrogen-bond donors (Lipinski definition) is 1. The van der Waals surface area contributed by atoms with Crippen LogP contribution < -0.4 is 5.32 Å². The second-order valence-electron chi connectivity index (χ2n) is 9.12. The molecular formula is C23H34N2O6S. The molecule has 2 fully saturated rings. The topological polar surface area (TPSA) is 102 Å². The fourth-order valence-corrected chi connectivity index (χ4v) is 6.15. The molecule has 0 bridgehead atoms. The molecule has 3 rings (SSSR count). The van der Waals surface area contributed by atoms with Gasteiger partial charge in [-0.05, 0) is 50.3 Å². The zero-order valence-electron chi connectivity index (χ0n) is 19.2. The standard InChI is InChI=1S/C23H34N2O6S/c1-15-7-5-10-21(18(15)4)24-22(26)14-30-23(27)19-8-6-9-20(11-19)32(28,29)25-12-16(2)31-17(3)13-25/h6,8-9,11,15-18,21H,5,7,10,12-14H2,1-4H3,(H,24,26)/t15-,16-,17+,18-,21+/m0/s1. The fraction of sp³-hybridized carbons (Fsp3) is 0.652. The van der Waals surface area contributed by atoms with E-state index in [9.17, 15) is 18.0 Å². The van der Waals surface area contributed by atoms with E-state index in [1.165, 1.54) is 28.6 Å². The lowest BCUT2D eigenvalue weighted by atomic mass is 9.78. The van der Waals surface area contributed by atoms with Crippen LogP contribution >= 0.6 is 0 Å². The molecule has 178 valence electrons. The largest absolute Gasteiger partial charge is 0.452 e. The average molecular weight is 467 g/mol. The van der Waals surface area contributed by atoms with Crippen molar-refractivity contribution < 1.29 is 27.5 Å². The summed E-state index contributed by atoms with van der Waals surface area (Å²) in [5, 5.41) is 2.96. The molecule has 5 atom stereocenters. The van der Waals surface area contributed by atoms with Crippen LogP contribution in [0.25, 0.3) is 0 Å². The van der Waals surface area contributed by atoms with Crippen LogP contribution in [0.15, 0.2) is 29.2 Å². The molecule has 0 aromatic heterocycles. The SMILES string of the molecule is C[C@H]1[C@@H](C)CCC[C@H]1NC(=O)COC(=O)c1cccc(S(=O)(=O)N2C[C@@H](C)O[C@@H](C)C2)c1. The van der Waals surface area contributed by atoms with E-state index in [4.69, 9.17) is 9.47 Å². The summed E-state index contributed by atoms with van der Waals surface area (Å²) in [6.07, 6.45) is 2.72. The number of benzene rings is 1. The van der Waals surface area contributed by atoms with Crippen LogP contribution in [0.1, 0.15) is 57.3 Å². The first-order chi connectivity index (χ1) is 15.1. The van der Waals surface area contributed by atoms with Crippen molar-refractivity contribution in [2.24, 2.45) is 11.8 Å². The Bertz CT molecular complexity index is 924. The highest BCUT2D eigenvalue weighted by molar-refractivity contribution is 7.89. The Labute approximate surface area is 190 Å². The number of sulfonamides is 1. The quantitative estimate of drug-likeness (QED) is 0.647. The number of nitrogens with one attached hydrogen (secondary N) is 1. The Kier molecular flexibility index (Phi) is 7.95. The second kappa shape index (κ2) is 10.3. The van der Waals surface area contributed by atoms with E-state index < -0.39 is 22.6 Å². The number of nitrogens with zero attached hydrogens (tertiary/aromatic N) is 1. The van der Waals surface area contributed by atoms with E-state index in [0.29, 0.717) is 11.8 Å². The van der Waals surface area contributed by atoms with E-state index in [-0.39, 0.29) is 47.7 Å². The molecule has 8 nitrogen and oxygen atoms in total. The molecule has 9 heteroatoms. The smallest absolute Gasteiger partial charge is 0.338 e. The molecule has 0 radical (unpaired) electrons. The molecule has 1 aliphatic heterocycles. The number of ether oxygens (including phenoxy) is 2. The van der Waals surface area contributed by atoms with Crippen molar-refractivity contribution >= 4 is 21.9 Å². The van der Waals surface area contributed by atoms with Crippen molar-refractivity contribution in [3.8, 4) is 0 Å². The summed E-state index contributed by atoms with van der Waals surface area (Å²) in [4.78, 5) is 24.8. The highest BCUT2D eigenvalue weighted by atomic mass is 32.2. The van der Waals surface area contributed by atoms with Crippen LogP contribution in [0.4, 0.5) is 0 Å². The molecule has 1 saturated carbocycles. The van der Waals surface area contributed by atoms with Gasteiger partial charge in [0, 0.05) is 19.1 Å². The first-order valence-corrected chi connectivity index (χ1v) is 12.7. The van der Waals surface area contributed by atoms with Gasteiger partial charge >= 0.3 is 5.97 Å². The Balaban J connectivity index is 1.61. The molecule has 1 saturated heterocycles. The first kappa shape index (κ1) is 24.7. The van der Waals surface area contributed by atoms with Crippen molar-refractivity contribution in [2.75, 3.05) is 19.7 Å². The van der Waals surface area contributed by atoms with Crippen LogP contribution in [0.3, 0.4) is 0 Å². The summed E-state index contributed by atoms with van der Waals surface area (Å²) >= 11 is 0. The molecule has 1 aliphatic carbocycles. The van der Waals surface area contributed by atoms with E-state index in [1.807, 2.05) is 13.8 Å². The van der Waals surface area contributed by atoms with Crippen LogP contribution in [0.2, 0.25) is 0 Å². The molecule has 2 aliphatic rings. The van der Waals surface area contributed by atoms with Gasteiger partial charge in [-0.3, -0.25) is 4.79 Å². The van der Waals surface area contributed by atoms with Crippen LogP contribution in [-0.4, -0.2) is 62.5 Å². The number of morpholine rings is 1. The number of carbonyl (C=O) groups excluding carboxylic acids is 2. The average Bonchev–Trinajstić information content (AvgIpc) is 2.74. The number of carbonyl (C=O) groups is 2. The molecule has 1 aromatic rings. The molecule has 32 heavy (non-hydrogen) atoms. The van der Waals surface area contributed by atoms with Gasteiger partial charge in [-0.1, -0.05) is 32.8 Å². The van der Waals surface area contributed by atoms with Crippen LogP contribution in [0, 0.1) is 11.8 Å². The molecule has 1 aromatic carbocycles. The molecule has 1 N–H and O–H groups in total. The molecule has 1 heterocycles. The second-order valence-corrected chi connectivity index (χ2v) is 11.1. The third-order valence-electron chi connectivity index (χ3n) is 6.48. The molecule has 0 spiro atoms. The van der Waals surface area contributed by atoms with Crippen molar-refractivity contribution in [2.45, 2.75) is 70.1 Å². The summed E-state index contributed by atoms with van der Waals surface area (Å²) in [5.74, 6) is -0.162. The van der Waals surface area contributed by atoms with Gasteiger partial charge in [-0.15, -0.1) is 0 Å². The minimum atomic E-state index is -3.78. The maximum atomic E-state index is 13.1. The van der Waals surface area contributed by atoms with Gasteiger partial charge in [0.1, 0.15) is 0 Å².